The molecule has 0 aliphatic carbocycles. The third-order valence-corrected chi connectivity index (χ3v) is 4.60. The molecule has 1 N–H and O–H groups in total. The van der Waals surface area contributed by atoms with Crippen LogP contribution in [0, 0.1) is 11.8 Å². The van der Waals surface area contributed by atoms with Gasteiger partial charge in [0.15, 0.2) is 0 Å². The third-order valence-electron chi connectivity index (χ3n) is 4.60. The maximum Gasteiger partial charge on any atom is 0.222 e. The van der Waals surface area contributed by atoms with Crippen molar-refractivity contribution in [1.82, 2.24) is 10.2 Å². The van der Waals surface area contributed by atoms with E-state index < -0.39 is 0 Å². The molecule has 0 aromatic rings. The SMILES string of the molecule is CC(CC(=O)N1CCCCCC1)C1CCCNC1.Cl. The van der Waals surface area contributed by atoms with Gasteiger partial charge in [0.1, 0.15) is 0 Å². The molecule has 19 heavy (non-hydrogen) atoms. The summed E-state index contributed by atoms with van der Waals surface area (Å²) in [5, 5.41) is 3.45. The molecule has 2 aliphatic heterocycles. The molecular weight excluding hydrogens is 260 g/mol. The van der Waals surface area contributed by atoms with E-state index in [1.54, 1.807) is 0 Å². The second kappa shape index (κ2) is 8.80. The van der Waals surface area contributed by atoms with Crippen molar-refractivity contribution in [3.05, 3.63) is 0 Å². The number of hydrogen-bond acceptors (Lipinski definition) is 2. The number of amides is 1. The summed E-state index contributed by atoms with van der Waals surface area (Å²) < 4.78 is 0. The molecule has 2 fully saturated rings. The van der Waals surface area contributed by atoms with Crippen LogP contribution in [0.2, 0.25) is 0 Å². The molecule has 112 valence electrons. The maximum atomic E-state index is 12.3. The largest absolute Gasteiger partial charge is 0.343 e. The summed E-state index contributed by atoms with van der Waals surface area (Å²) in [6, 6.07) is 0. The van der Waals surface area contributed by atoms with Gasteiger partial charge in [-0.15, -0.1) is 12.4 Å². The van der Waals surface area contributed by atoms with Crippen LogP contribution in [0.1, 0.15) is 51.9 Å². The normalized spacial score (nSPS) is 26.2. The van der Waals surface area contributed by atoms with Crippen molar-refractivity contribution < 1.29 is 4.79 Å². The Bertz CT molecular complexity index is 259. The van der Waals surface area contributed by atoms with E-state index in [1.807, 2.05) is 0 Å². The van der Waals surface area contributed by atoms with Gasteiger partial charge in [-0.25, -0.2) is 0 Å². The topological polar surface area (TPSA) is 32.3 Å². The Kier molecular flexibility index (Phi) is 7.77. The van der Waals surface area contributed by atoms with Crippen LogP contribution in [0.4, 0.5) is 0 Å². The van der Waals surface area contributed by atoms with Gasteiger partial charge in [0.05, 0.1) is 0 Å². The predicted octanol–water partition coefficient (Wildman–Crippen LogP) is 2.84. The molecule has 1 amide bonds. The Morgan fingerprint density at radius 3 is 2.47 bits per heavy atom. The van der Waals surface area contributed by atoms with Crippen molar-refractivity contribution in [1.29, 1.82) is 0 Å². The molecule has 0 radical (unpaired) electrons. The highest BCUT2D eigenvalue weighted by atomic mass is 35.5. The summed E-state index contributed by atoms with van der Waals surface area (Å²) in [5.41, 5.74) is 0. The summed E-state index contributed by atoms with van der Waals surface area (Å²) in [4.78, 5) is 14.4. The van der Waals surface area contributed by atoms with Gasteiger partial charge in [0.2, 0.25) is 5.91 Å². The molecule has 2 heterocycles. The van der Waals surface area contributed by atoms with Gasteiger partial charge in [0.25, 0.3) is 0 Å². The zero-order chi connectivity index (χ0) is 12.8. The number of likely N-dealkylation sites (tertiary alicyclic amines) is 1. The first-order valence-electron chi connectivity index (χ1n) is 7.76. The molecule has 0 aromatic heterocycles. The smallest absolute Gasteiger partial charge is 0.222 e. The van der Waals surface area contributed by atoms with Crippen LogP contribution in [0.25, 0.3) is 0 Å². The van der Waals surface area contributed by atoms with Crippen LogP contribution in [0.3, 0.4) is 0 Å². The average Bonchev–Trinajstić information content (AvgIpc) is 2.68. The zero-order valence-electron chi connectivity index (χ0n) is 12.2. The van der Waals surface area contributed by atoms with E-state index in [0.717, 1.165) is 32.6 Å². The molecule has 2 atom stereocenters. The van der Waals surface area contributed by atoms with Crippen molar-refractivity contribution in [2.24, 2.45) is 11.8 Å². The van der Waals surface area contributed by atoms with Crippen LogP contribution < -0.4 is 5.32 Å². The number of rotatable bonds is 3. The van der Waals surface area contributed by atoms with E-state index in [2.05, 4.69) is 17.1 Å². The van der Waals surface area contributed by atoms with Gasteiger partial charge in [-0.05, 0) is 50.6 Å². The van der Waals surface area contributed by atoms with E-state index in [4.69, 9.17) is 0 Å². The maximum absolute atomic E-state index is 12.3. The minimum Gasteiger partial charge on any atom is -0.343 e. The van der Waals surface area contributed by atoms with Crippen molar-refractivity contribution in [2.75, 3.05) is 26.2 Å². The molecule has 2 saturated heterocycles. The van der Waals surface area contributed by atoms with Gasteiger partial charge in [-0.2, -0.15) is 0 Å². The monoisotopic (exact) mass is 288 g/mol. The fourth-order valence-corrected chi connectivity index (χ4v) is 3.26. The Morgan fingerprint density at radius 1 is 1.21 bits per heavy atom. The Balaban J connectivity index is 0.00000180. The quantitative estimate of drug-likeness (QED) is 0.866. The fourth-order valence-electron chi connectivity index (χ4n) is 3.26. The number of nitrogens with one attached hydrogen (secondary N) is 1. The number of hydrogen-bond donors (Lipinski definition) is 1. The van der Waals surface area contributed by atoms with Crippen molar-refractivity contribution >= 4 is 18.3 Å². The summed E-state index contributed by atoms with van der Waals surface area (Å²) in [6.45, 7) is 6.51. The molecule has 0 aromatic carbocycles. The molecule has 0 spiro atoms. The Morgan fingerprint density at radius 2 is 1.89 bits per heavy atom. The molecule has 2 aliphatic rings. The predicted molar refractivity (Wildman–Crippen MR) is 81.7 cm³/mol. The van der Waals surface area contributed by atoms with Gasteiger partial charge in [0, 0.05) is 19.5 Å². The highest BCUT2D eigenvalue weighted by Gasteiger charge is 2.24. The second-order valence-corrected chi connectivity index (χ2v) is 6.08. The molecule has 0 saturated carbocycles. The van der Waals surface area contributed by atoms with Gasteiger partial charge < -0.3 is 10.2 Å². The van der Waals surface area contributed by atoms with Crippen LogP contribution in [0.5, 0.6) is 0 Å². The van der Waals surface area contributed by atoms with Crippen LogP contribution >= 0.6 is 12.4 Å². The van der Waals surface area contributed by atoms with Crippen molar-refractivity contribution in [3.8, 4) is 0 Å². The van der Waals surface area contributed by atoms with Crippen LogP contribution in [-0.2, 0) is 4.79 Å². The lowest BCUT2D eigenvalue weighted by molar-refractivity contribution is -0.132. The average molecular weight is 289 g/mol. The lowest BCUT2D eigenvalue weighted by Crippen LogP contribution is -2.37. The standard InChI is InChI=1S/C15H28N2O.ClH/c1-13(14-7-6-8-16-12-14)11-15(18)17-9-4-2-3-5-10-17;/h13-14,16H,2-12H2,1H3;1H. The minimum absolute atomic E-state index is 0. The highest BCUT2D eigenvalue weighted by Crippen LogP contribution is 2.23. The van der Waals surface area contributed by atoms with E-state index in [1.165, 1.54) is 38.5 Å². The van der Waals surface area contributed by atoms with E-state index >= 15 is 0 Å². The number of piperidine rings is 1. The lowest BCUT2D eigenvalue weighted by Gasteiger charge is -2.30. The van der Waals surface area contributed by atoms with Gasteiger partial charge >= 0.3 is 0 Å². The number of halogens is 1. The van der Waals surface area contributed by atoms with Gasteiger partial charge in [-0.3, -0.25) is 4.79 Å². The first-order valence-corrected chi connectivity index (χ1v) is 7.76. The number of nitrogens with zero attached hydrogens (tertiary/aromatic N) is 1. The molecule has 2 unspecified atom stereocenters. The fraction of sp³-hybridized carbons (Fsp3) is 0.933. The Labute approximate surface area is 123 Å². The first-order chi connectivity index (χ1) is 8.77. The Hall–Kier alpha value is -0.280. The second-order valence-electron chi connectivity index (χ2n) is 6.08. The van der Waals surface area contributed by atoms with E-state index in [-0.39, 0.29) is 12.4 Å². The van der Waals surface area contributed by atoms with Crippen LogP contribution in [-0.4, -0.2) is 37.0 Å². The van der Waals surface area contributed by atoms with Crippen molar-refractivity contribution in [2.45, 2.75) is 51.9 Å². The zero-order valence-corrected chi connectivity index (χ0v) is 13.0. The van der Waals surface area contributed by atoms with Crippen LogP contribution in [0.15, 0.2) is 0 Å². The number of carbonyl (C=O) groups is 1. The summed E-state index contributed by atoms with van der Waals surface area (Å²) in [6.07, 6.45) is 8.31. The summed E-state index contributed by atoms with van der Waals surface area (Å²) in [7, 11) is 0. The number of carbonyl (C=O) groups excluding carboxylic acids is 1. The molecular formula is C15H29ClN2O. The molecule has 0 bridgehead atoms. The third kappa shape index (κ3) is 5.31. The van der Waals surface area contributed by atoms with Gasteiger partial charge in [-0.1, -0.05) is 19.8 Å². The lowest BCUT2D eigenvalue weighted by atomic mass is 9.85. The van der Waals surface area contributed by atoms with Crippen molar-refractivity contribution in [3.63, 3.8) is 0 Å². The highest BCUT2D eigenvalue weighted by molar-refractivity contribution is 5.85. The minimum atomic E-state index is 0. The molecule has 4 heteroatoms. The van der Waals surface area contributed by atoms with E-state index in [9.17, 15) is 4.79 Å². The molecule has 2 rings (SSSR count). The molecule has 3 nitrogen and oxygen atoms in total. The first kappa shape index (κ1) is 16.8. The van der Waals surface area contributed by atoms with E-state index in [0.29, 0.717) is 17.7 Å². The summed E-state index contributed by atoms with van der Waals surface area (Å²) in [5.74, 6) is 1.64. The summed E-state index contributed by atoms with van der Waals surface area (Å²) >= 11 is 0.